The molecular weight excluding hydrogens is 586 g/mol. The second kappa shape index (κ2) is 10.5. The van der Waals surface area contributed by atoms with E-state index in [0.717, 1.165) is 69.7 Å². The molecule has 2 bridgehead atoms. The Bertz CT molecular complexity index is 1670. The fourth-order valence-electron chi connectivity index (χ4n) is 6.86. The van der Waals surface area contributed by atoms with Crippen LogP contribution in [-0.2, 0) is 23.7 Å². The van der Waals surface area contributed by atoms with Crippen LogP contribution >= 0.6 is 0 Å². The molecular formula is C33H30F6N2O3. The van der Waals surface area contributed by atoms with Crippen LogP contribution in [-0.4, -0.2) is 22.3 Å². The molecule has 0 unspecified atom stereocenters. The molecule has 0 amide bonds. The van der Waals surface area contributed by atoms with E-state index in [1.807, 2.05) is 0 Å². The Morgan fingerprint density at radius 3 is 2.23 bits per heavy atom. The highest BCUT2D eigenvalue weighted by molar-refractivity contribution is 5.84. The number of aromatic nitrogens is 2. The van der Waals surface area contributed by atoms with Crippen molar-refractivity contribution in [1.29, 1.82) is 0 Å². The van der Waals surface area contributed by atoms with Crippen LogP contribution in [0.4, 0.5) is 26.3 Å². The monoisotopic (exact) mass is 616 g/mol. The molecule has 44 heavy (non-hydrogen) atoms. The number of hydrogen-bond donors (Lipinski definition) is 0. The van der Waals surface area contributed by atoms with Gasteiger partial charge in [-0.2, -0.15) is 26.3 Å². The van der Waals surface area contributed by atoms with Crippen LogP contribution in [0.5, 0.6) is 5.75 Å². The third kappa shape index (κ3) is 5.44. The first-order valence-corrected chi connectivity index (χ1v) is 14.8. The number of hydrogen-bond acceptors (Lipinski definition) is 5. The van der Waals surface area contributed by atoms with Gasteiger partial charge in [-0.1, -0.05) is 23.4 Å². The Hall–Kier alpha value is -3.60. The number of alkyl halides is 6. The van der Waals surface area contributed by atoms with Gasteiger partial charge in [0.2, 0.25) is 0 Å². The average molecular weight is 617 g/mol. The van der Waals surface area contributed by atoms with Gasteiger partial charge in [0.25, 0.3) is 0 Å². The highest BCUT2D eigenvalue weighted by Gasteiger charge is 2.50. The van der Waals surface area contributed by atoms with Crippen LogP contribution in [0.1, 0.15) is 79.7 Å². The summed E-state index contributed by atoms with van der Waals surface area (Å²) in [6, 6.07) is 11.0. The summed E-state index contributed by atoms with van der Waals surface area (Å²) in [6.45, 7) is 0.499. The summed E-state index contributed by atoms with van der Waals surface area (Å²) in [4.78, 5) is 4.05. The van der Waals surface area contributed by atoms with Crippen molar-refractivity contribution < 1.29 is 40.3 Å². The molecule has 0 N–H and O–H groups in total. The number of nitrogens with zero attached hydrogens (tertiary/aromatic N) is 2. The van der Waals surface area contributed by atoms with E-state index in [0.29, 0.717) is 23.7 Å². The van der Waals surface area contributed by atoms with Gasteiger partial charge in [-0.05, 0) is 81.7 Å². The molecule has 0 saturated heterocycles. The molecule has 0 atom stereocenters. The summed E-state index contributed by atoms with van der Waals surface area (Å²) in [5.41, 5.74) is -1.00. The summed E-state index contributed by atoms with van der Waals surface area (Å²) < 4.78 is 100. The van der Waals surface area contributed by atoms with Crippen LogP contribution in [0.15, 0.2) is 59.3 Å². The predicted molar refractivity (Wildman–Crippen MR) is 149 cm³/mol. The molecule has 232 valence electrons. The van der Waals surface area contributed by atoms with E-state index in [1.54, 1.807) is 18.2 Å². The van der Waals surface area contributed by atoms with Gasteiger partial charge in [-0.15, -0.1) is 0 Å². The fourth-order valence-corrected chi connectivity index (χ4v) is 6.86. The van der Waals surface area contributed by atoms with Crippen molar-refractivity contribution in [1.82, 2.24) is 10.1 Å². The van der Waals surface area contributed by atoms with Crippen molar-refractivity contribution in [3.05, 3.63) is 77.2 Å². The van der Waals surface area contributed by atoms with Gasteiger partial charge >= 0.3 is 12.4 Å². The van der Waals surface area contributed by atoms with Crippen molar-refractivity contribution in [3.8, 4) is 17.0 Å². The van der Waals surface area contributed by atoms with Crippen molar-refractivity contribution in [2.45, 2.75) is 81.8 Å². The van der Waals surface area contributed by atoms with E-state index in [9.17, 15) is 26.3 Å². The largest absolute Gasteiger partial charge is 0.493 e. The molecule has 2 aromatic heterocycles. The molecule has 4 saturated carbocycles. The minimum Gasteiger partial charge on any atom is -0.493 e. The first-order valence-electron chi connectivity index (χ1n) is 14.8. The van der Waals surface area contributed by atoms with Gasteiger partial charge in [0.1, 0.15) is 17.2 Å². The zero-order chi connectivity index (χ0) is 30.7. The van der Waals surface area contributed by atoms with Crippen molar-refractivity contribution in [2.75, 3.05) is 6.61 Å². The van der Waals surface area contributed by atoms with Crippen LogP contribution < -0.4 is 4.74 Å². The molecule has 2 heterocycles. The molecule has 4 fully saturated rings. The predicted octanol–water partition coefficient (Wildman–Crippen LogP) is 9.49. The minimum atomic E-state index is -4.53. The van der Waals surface area contributed by atoms with Gasteiger partial charge < -0.3 is 14.0 Å². The number of halogens is 6. The summed E-state index contributed by atoms with van der Waals surface area (Å²) in [5, 5.41) is 4.11. The Balaban J connectivity index is 1.04. The molecule has 8 rings (SSSR count). The molecule has 4 aromatic rings. The van der Waals surface area contributed by atoms with Crippen molar-refractivity contribution in [3.63, 3.8) is 0 Å². The Kier molecular flexibility index (Phi) is 6.95. The van der Waals surface area contributed by atoms with Crippen LogP contribution in [0.25, 0.3) is 22.2 Å². The lowest BCUT2D eigenvalue weighted by Gasteiger charge is -2.52. The smallest absolute Gasteiger partial charge is 0.417 e. The van der Waals surface area contributed by atoms with E-state index in [-0.39, 0.29) is 40.1 Å². The third-order valence-electron chi connectivity index (χ3n) is 9.67. The second-order valence-electron chi connectivity index (χ2n) is 12.5. The zero-order valence-corrected chi connectivity index (χ0v) is 23.7. The van der Waals surface area contributed by atoms with Gasteiger partial charge in [0, 0.05) is 34.0 Å². The van der Waals surface area contributed by atoms with Crippen LogP contribution in [0.3, 0.4) is 0 Å². The number of benzene rings is 2. The first-order chi connectivity index (χ1) is 21.0. The lowest BCUT2D eigenvalue weighted by molar-refractivity contribution is -0.150. The minimum absolute atomic E-state index is 0.00577. The Morgan fingerprint density at radius 2 is 1.55 bits per heavy atom. The van der Waals surface area contributed by atoms with E-state index in [4.69, 9.17) is 14.0 Å². The number of pyridine rings is 1. The van der Waals surface area contributed by atoms with Gasteiger partial charge in [0.05, 0.1) is 35.5 Å². The van der Waals surface area contributed by atoms with Gasteiger partial charge in [-0.3, -0.25) is 4.98 Å². The molecule has 0 radical (unpaired) electrons. The quantitative estimate of drug-likeness (QED) is 0.185. The molecule has 0 spiro atoms. The summed E-state index contributed by atoms with van der Waals surface area (Å²) in [7, 11) is 0. The third-order valence-corrected chi connectivity index (χ3v) is 9.67. The normalized spacial score (nSPS) is 23.8. The lowest BCUT2D eigenvalue weighted by Crippen LogP contribution is -2.49. The molecule has 4 aliphatic rings. The highest BCUT2D eigenvalue weighted by atomic mass is 19.4. The second-order valence-corrected chi connectivity index (χ2v) is 12.5. The highest BCUT2D eigenvalue weighted by Crippen LogP contribution is 2.55. The zero-order valence-electron chi connectivity index (χ0n) is 23.7. The van der Waals surface area contributed by atoms with E-state index < -0.39 is 29.1 Å². The average Bonchev–Trinajstić information content (AvgIpc) is 3.77. The number of fused-ring (bicyclic) bond motifs is 4. The maximum Gasteiger partial charge on any atom is 0.417 e. The van der Waals surface area contributed by atoms with E-state index >= 15 is 0 Å². The topological polar surface area (TPSA) is 57.4 Å². The maximum absolute atomic E-state index is 13.8. The Labute approximate surface area is 249 Å². The van der Waals surface area contributed by atoms with E-state index in [1.165, 1.54) is 18.2 Å². The van der Waals surface area contributed by atoms with Gasteiger partial charge in [0.15, 0.2) is 0 Å². The molecule has 5 nitrogen and oxygen atoms in total. The molecule has 0 aliphatic heterocycles. The van der Waals surface area contributed by atoms with Crippen LogP contribution in [0.2, 0.25) is 0 Å². The standard InChI is InChI=1S/C33H30F6N2O3/c34-32(35,36)25-4-2-1-3-22(25)28-24(29(44-41-28)20-5-6-20)18-43-31-13-10-30(11-14-31,12-15-31)19-42-21-7-8-27-23(17-21)26(9-16-40-27)33(37,38)39/h1-4,7-9,16-17,20H,5-6,10-15,18-19H2. The summed E-state index contributed by atoms with van der Waals surface area (Å²) in [5.74, 6) is 1.13. The summed E-state index contributed by atoms with van der Waals surface area (Å²) in [6.07, 6.45) is -1.34. The summed E-state index contributed by atoms with van der Waals surface area (Å²) >= 11 is 0. The van der Waals surface area contributed by atoms with Crippen molar-refractivity contribution in [2.24, 2.45) is 5.41 Å². The van der Waals surface area contributed by atoms with Crippen molar-refractivity contribution >= 4 is 10.9 Å². The maximum atomic E-state index is 13.8. The van der Waals surface area contributed by atoms with Crippen LogP contribution in [0, 0.1) is 5.41 Å². The molecule has 4 aliphatic carbocycles. The molecule has 2 aromatic carbocycles. The molecule has 11 heteroatoms. The fraction of sp³-hybridized carbons (Fsp3) is 0.455. The lowest BCUT2D eigenvalue weighted by atomic mass is 9.59. The number of ether oxygens (including phenoxy) is 2. The Morgan fingerprint density at radius 1 is 0.841 bits per heavy atom. The first kappa shape index (κ1) is 29.1. The number of rotatable bonds is 8. The SMILES string of the molecule is FC(F)(F)c1ccccc1-c1noc(C2CC2)c1COC12CCC(COc3ccc4nccc(C(F)(F)F)c4c3)(CC1)CC2. The van der Waals surface area contributed by atoms with Gasteiger partial charge in [-0.25, -0.2) is 0 Å². The van der Waals surface area contributed by atoms with E-state index in [2.05, 4.69) is 10.1 Å².